The van der Waals surface area contributed by atoms with E-state index in [4.69, 9.17) is 4.74 Å². The normalized spacial score (nSPS) is 43.8. The average molecular weight is 363 g/mol. The van der Waals surface area contributed by atoms with Gasteiger partial charge in [-0.15, -0.1) is 6.58 Å². The van der Waals surface area contributed by atoms with Gasteiger partial charge in [-0.2, -0.15) is 0 Å². The predicted molar refractivity (Wildman–Crippen MR) is 109 cm³/mol. The highest BCUT2D eigenvalue weighted by Gasteiger charge is 2.52. The maximum absolute atomic E-state index is 10.1. The van der Waals surface area contributed by atoms with Crippen LogP contribution in [-0.4, -0.2) is 23.9 Å². The zero-order valence-corrected chi connectivity index (χ0v) is 17.5. The van der Waals surface area contributed by atoms with Gasteiger partial charge >= 0.3 is 0 Å². The molecule has 3 saturated carbocycles. The lowest BCUT2D eigenvalue weighted by Gasteiger charge is -2.58. The second-order valence-electron chi connectivity index (χ2n) is 10.7. The summed E-state index contributed by atoms with van der Waals surface area (Å²) in [5, 5.41) is 10.1. The molecule has 150 valence electrons. The van der Waals surface area contributed by atoms with E-state index in [1.807, 2.05) is 6.08 Å². The van der Waals surface area contributed by atoms with E-state index in [1.54, 1.807) is 0 Å². The van der Waals surface area contributed by atoms with Crippen molar-refractivity contribution in [3.63, 3.8) is 0 Å². The molecular weight excluding hydrogens is 320 g/mol. The average Bonchev–Trinajstić information content (AvgIpc) is 2.59. The number of hydrogen-bond acceptors (Lipinski definition) is 2. The van der Waals surface area contributed by atoms with Crippen molar-refractivity contribution >= 4 is 0 Å². The zero-order chi connectivity index (χ0) is 18.8. The van der Waals surface area contributed by atoms with E-state index in [9.17, 15) is 5.11 Å². The van der Waals surface area contributed by atoms with Crippen LogP contribution in [0.2, 0.25) is 0 Å². The first-order valence-corrected chi connectivity index (χ1v) is 11.3. The first-order valence-electron chi connectivity index (χ1n) is 11.3. The molecule has 0 amide bonds. The van der Waals surface area contributed by atoms with Gasteiger partial charge in [0.2, 0.25) is 0 Å². The summed E-state index contributed by atoms with van der Waals surface area (Å²) >= 11 is 0. The van der Waals surface area contributed by atoms with Crippen molar-refractivity contribution in [2.45, 2.75) is 104 Å². The Morgan fingerprint density at radius 2 is 1.54 bits per heavy atom. The third kappa shape index (κ3) is 4.55. The number of rotatable bonds is 5. The maximum atomic E-state index is 10.1. The van der Waals surface area contributed by atoms with Crippen molar-refractivity contribution in [1.29, 1.82) is 0 Å². The Kier molecular flexibility index (Phi) is 6.55. The molecule has 26 heavy (non-hydrogen) atoms. The van der Waals surface area contributed by atoms with Crippen LogP contribution in [0.25, 0.3) is 0 Å². The molecule has 0 aromatic carbocycles. The molecule has 0 aromatic rings. The summed E-state index contributed by atoms with van der Waals surface area (Å²) in [6, 6.07) is 0. The molecule has 0 spiro atoms. The number of aliphatic hydroxyl groups is 1. The van der Waals surface area contributed by atoms with Crippen molar-refractivity contribution in [2.24, 2.45) is 28.6 Å². The third-order valence-corrected chi connectivity index (χ3v) is 7.88. The Morgan fingerprint density at radius 3 is 2.08 bits per heavy atom. The summed E-state index contributed by atoms with van der Waals surface area (Å²) in [5.41, 5.74) is 0.967. The second-order valence-corrected chi connectivity index (χ2v) is 10.7. The van der Waals surface area contributed by atoms with E-state index in [2.05, 4.69) is 27.4 Å². The molecule has 0 radical (unpaired) electrons. The predicted octanol–water partition coefficient (Wildman–Crippen LogP) is 6.13. The quantitative estimate of drug-likeness (QED) is 0.596. The van der Waals surface area contributed by atoms with Gasteiger partial charge in [-0.3, -0.25) is 0 Å². The Bertz CT molecular complexity index is 455. The Labute approximate surface area is 161 Å². The van der Waals surface area contributed by atoms with Gasteiger partial charge in [0.15, 0.2) is 0 Å². The Hall–Kier alpha value is -0.340. The molecule has 3 fully saturated rings. The van der Waals surface area contributed by atoms with Crippen LogP contribution in [0.15, 0.2) is 12.7 Å². The molecule has 0 heterocycles. The van der Waals surface area contributed by atoms with Crippen LogP contribution in [0, 0.1) is 28.6 Å². The highest BCUT2D eigenvalue weighted by atomic mass is 16.5. The summed E-state index contributed by atoms with van der Waals surface area (Å²) in [6.45, 7) is 12.0. The first kappa shape index (κ1) is 20.4. The minimum absolute atomic E-state index is 0.0413. The fourth-order valence-electron chi connectivity index (χ4n) is 7.31. The van der Waals surface area contributed by atoms with Crippen LogP contribution in [0.5, 0.6) is 0 Å². The van der Waals surface area contributed by atoms with Crippen molar-refractivity contribution in [3.8, 4) is 0 Å². The van der Waals surface area contributed by atoms with Gasteiger partial charge in [-0.25, -0.2) is 0 Å². The van der Waals surface area contributed by atoms with E-state index in [1.165, 1.54) is 57.8 Å². The Balaban J connectivity index is 1.76. The fourth-order valence-corrected chi connectivity index (χ4v) is 7.31. The molecule has 3 rings (SSSR count). The lowest BCUT2D eigenvalue weighted by atomic mass is 9.48. The van der Waals surface area contributed by atoms with Crippen LogP contribution < -0.4 is 0 Å². The van der Waals surface area contributed by atoms with Crippen molar-refractivity contribution in [2.75, 3.05) is 6.61 Å². The van der Waals surface area contributed by atoms with Gasteiger partial charge in [0.25, 0.3) is 0 Å². The zero-order valence-electron chi connectivity index (χ0n) is 17.5. The second kappa shape index (κ2) is 8.35. The van der Waals surface area contributed by atoms with Crippen LogP contribution in [-0.2, 0) is 4.74 Å². The third-order valence-electron chi connectivity index (χ3n) is 7.88. The van der Waals surface area contributed by atoms with Gasteiger partial charge in [0.1, 0.15) is 0 Å². The molecule has 0 aromatic heterocycles. The molecule has 0 bridgehead atoms. The summed E-state index contributed by atoms with van der Waals surface area (Å²) in [7, 11) is 0. The summed E-state index contributed by atoms with van der Waals surface area (Å²) in [4.78, 5) is 0. The largest absolute Gasteiger partial charge is 0.393 e. The minimum Gasteiger partial charge on any atom is -0.393 e. The van der Waals surface area contributed by atoms with Gasteiger partial charge in [0.05, 0.1) is 18.8 Å². The standard InChI is InChI=1S/C24H42O2/c1-5-14-26-22-12-8-20(9-13-22)24(19-6-10-21(25)11-7-19)16-18(2)15-23(3,4)17-24/h5,18-22,25H,1,6-17H2,2-4H3. The highest BCUT2D eigenvalue weighted by molar-refractivity contribution is 5.02. The molecular formula is C24H42O2. The number of ether oxygens (including phenoxy) is 1. The van der Waals surface area contributed by atoms with Gasteiger partial charge in [0, 0.05) is 0 Å². The number of hydrogen-bond donors (Lipinski definition) is 1. The fraction of sp³-hybridized carbons (Fsp3) is 0.917. The van der Waals surface area contributed by atoms with Crippen molar-refractivity contribution in [1.82, 2.24) is 0 Å². The molecule has 2 heteroatoms. The van der Waals surface area contributed by atoms with Crippen molar-refractivity contribution in [3.05, 3.63) is 12.7 Å². The lowest BCUT2D eigenvalue weighted by Crippen LogP contribution is -2.49. The first-order chi connectivity index (χ1) is 12.3. The minimum atomic E-state index is -0.0413. The Morgan fingerprint density at radius 1 is 0.962 bits per heavy atom. The molecule has 2 nitrogen and oxygen atoms in total. The van der Waals surface area contributed by atoms with E-state index < -0.39 is 0 Å². The van der Waals surface area contributed by atoms with Crippen LogP contribution in [0.1, 0.15) is 91.4 Å². The highest BCUT2D eigenvalue weighted by Crippen LogP contribution is 2.61. The lowest BCUT2D eigenvalue weighted by molar-refractivity contribution is -0.0925. The van der Waals surface area contributed by atoms with Gasteiger partial charge in [-0.05, 0) is 99.2 Å². The summed E-state index contributed by atoms with van der Waals surface area (Å²) in [5.74, 6) is 2.51. The molecule has 1 N–H and O–H groups in total. The van der Waals surface area contributed by atoms with E-state index >= 15 is 0 Å². The monoisotopic (exact) mass is 362 g/mol. The van der Waals surface area contributed by atoms with Crippen LogP contribution in [0.3, 0.4) is 0 Å². The maximum Gasteiger partial charge on any atom is 0.0648 e. The van der Waals surface area contributed by atoms with E-state index in [-0.39, 0.29) is 6.10 Å². The van der Waals surface area contributed by atoms with E-state index in [0.717, 1.165) is 30.6 Å². The van der Waals surface area contributed by atoms with Crippen molar-refractivity contribution < 1.29 is 9.84 Å². The molecule has 3 aliphatic carbocycles. The molecule has 2 unspecified atom stereocenters. The molecule has 2 atom stereocenters. The summed E-state index contributed by atoms with van der Waals surface area (Å²) < 4.78 is 5.97. The SMILES string of the molecule is C=CCOC1CCC(C2(C3CCC(O)CC3)CC(C)CC(C)(C)C2)CC1. The van der Waals surface area contributed by atoms with E-state index in [0.29, 0.717) is 23.5 Å². The molecule has 3 aliphatic rings. The molecule has 0 saturated heterocycles. The van der Waals surface area contributed by atoms with Crippen LogP contribution >= 0.6 is 0 Å². The summed E-state index contributed by atoms with van der Waals surface area (Å²) in [6.07, 6.45) is 16.2. The van der Waals surface area contributed by atoms with Crippen LogP contribution in [0.4, 0.5) is 0 Å². The van der Waals surface area contributed by atoms with Gasteiger partial charge < -0.3 is 9.84 Å². The smallest absolute Gasteiger partial charge is 0.0648 e. The topological polar surface area (TPSA) is 29.5 Å². The van der Waals surface area contributed by atoms with Gasteiger partial charge in [-0.1, -0.05) is 26.8 Å². The number of aliphatic hydroxyl groups excluding tert-OH is 1. The molecule has 0 aliphatic heterocycles.